The van der Waals surface area contributed by atoms with Gasteiger partial charge in [-0.05, 0) is 36.2 Å². The van der Waals surface area contributed by atoms with Crippen LogP contribution >= 0.6 is 15.9 Å². The average molecular weight is 334 g/mol. The van der Waals surface area contributed by atoms with Crippen LogP contribution in [0.5, 0.6) is 0 Å². The number of benzene rings is 2. The van der Waals surface area contributed by atoms with Gasteiger partial charge in [0.15, 0.2) is 6.04 Å². The predicted octanol–water partition coefficient (Wildman–Crippen LogP) is 4.08. The summed E-state index contributed by atoms with van der Waals surface area (Å²) in [5.41, 5.74) is 2.82. The smallest absolute Gasteiger partial charge is 0.332 e. The number of rotatable bonds is 4. The lowest BCUT2D eigenvalue weighted by Crippen LogP contribution is -2.23. The van der Waals surface area contributed by atoms with Crippen LogP contribution in [0.1, 0.15) is 17.2 Å². The van der Waals surface area contributed by atoms with Gasteiger partial charge in [-0.2, -0.15) is 0 Å². The molecule has 0 aliphatic rings. The first-order chi connectivity index (χ1) is 9.61. The van der Waals surface area contributed by atoms with Gasteiger partial charge in [-0.1, -0.05) is 46.3 Å². The number of nitrogens with one attached hydrogen (secondary N) is 1. The van der Waals surface area contributed by atoms with E-state index >= 15 is 0 Å². The van der Waals surface area contributed by atoms with Gasteiger partial charge < -0.3 is 10.1 Å². The third kappa shape index (κ3) is 3.39. The molecule has 0 saturated carbocycles. The van der Waals surface area contributed by atoms with E-state index in [1.165, 1.54) is 7.11 Å². The molecule has 2 rings (SSSR count). The first-order valence-corrected chi connectivity index (χ1v) is 7.06. The quantitative estimate of drug-likeness (QED) is 0.856. The number of carbonyl (C=O) groups excluding carboxylic acids is 1. The van der Waals surface area contributed by atoms with Crippen molar-refractivity contribution in [2.75, 3.05) is 12.4 Å². The Balaban J connectivity index is 2.34. The molecule has 2 aromatic rings. The van der Waals surface area contributed by atoms with Crippen molar-refractivity contribution in [1.82, 2.24) is 0 Å². The van der Waals surface area contributed by atoms with Gasteiger partial charge in [0.25, 0.3) is 0 Å². The van der Waals surface area contributed by atoms with Gasteiger partial charge >= 0.3 is 5.97 Å². The van der Waals surface area contributed by atoms with Crippen molar-refractivity contribution >= 4 is 27.6 Å². The molecule has 20 heavy (non-hydrogen) atoms. The summed E-state index contributed by atoms with van der Waals surface area (Å²) in [6, 6.07) is 15.0. The molecule has 0 heterocycles. The van der Waals surface area contributed by atoms with Gasteiger partial charge in [-0.3, -0.25) is 0 Å². The highest BCUT2D eigenvalue weighted by Crippen LogP contribution is 2.25. The monoisotopic (exact) mass is 333 g/mol. The molecule has 0 saturated heterocycles. The lowest BCUT2D eigenvalue weighted by molar-refractivity contribution is -0.141. The molecular formula is C16H16BrNO2. The Morgan fingerprint density at radius 3 is 2.60 bits per heavy atom. The molecule has 2 aromatic carbocycles. The molecule has 0 bridgehead atoms. The highest BCUT2D eigenvalue weighted by molar-refractivity contribution is 9.10. The minimum atomic E-state index is -0.518. The Kier molecular flexibility index (Phi) is 4.79. The summed E-state index contributed by atoms with van der Waals surface area (Å²) in [6.07, 6.45) is 0. The number of hydrogen-bond donors (Lipinski definition) is 1. The zero-order chi connectivity index (χ0) is 14.5. The van der Waals surface area contributed by atoms with Crippen LogP contribution in [0.25, 0.3) is 0 Å². The van der Waals surface area contributed by atoms with Crippen LogP contribution in [0.4, 0.5) is 5.69 Å². The SMILES string of the molecule is COC(=O)C(Nc1cccc(Br)c1)c1ccccc1C. The molecule has 3 nitrogen and oxygen atoms in total. The minimum absolute atomic E-state index is 0.306. The summed E-state index contributed by atoms with van der Waals surface area (Å²) in [5, 5.41) is 3.22. The second-order valence-corrected chi connectivity index (χ2v) is 5.38. The number of esters is 1. The number of ether oxygens (including phenoxy) is 1. The number of carbonyl (C=O) groups is 1. The van der Waals surface area contributed by atoms with Crippen molar-refractivity contribution in [3.05, 3.63) is 64.1 Å². The fraction of sp³-hybridized carbons (Fsp3) is 0.188. The van der Waals surface area contributed by atoms with Crippen molar-refractivity contribution in [3.8, 4) is 0 Å². The average Bonchev–Trinajstić information content (AvgIpc) is 2.45. The highest BCUT2D eigenvalue weighted by Gasteiger charge is 2.22. The second-order valence-electron chi connectivity index (χ2n) is 4.47. The van der Waals surface area contributed by atoms with Crippen molar-refractivity contribution in [3.63, 3.8) is 0 Å². The maximum atomic E-state index is 12.1. The lowest BCUT2D eigenvalue weighted by Gasteiger charge is -2.20. The van der Waals surface area contributed by atoms with Crippen LogP contribution in [0.2, 0.25) is 0 Å². The van der Waals surface area contributed by atoms with Crippen molar-refractivity contribution in [2.45, 2.75) is 13.0 Å². The molecule has 1 unspecified atom stereocenters. The Hall–Kier alpha value is -1.81. The summed E-state index contributed by atoms with van der Waals surface area (Å²) < 4.78 is 5.87. The molecule has 1 N–H and O–H groups in total. The van der Waals surface area contributed by atoms with Gasteiger partial charge in [-0.25, -0.2) is 4.79 Å². The standard InChI is InChI=1S/C16H16BrNO2/c1-11-6-3-4-9-14(11)15(16(19)20-2)18-13-8-5-7-12(17)10-13/h3-10,15,18H,1-2H3. The van der Waals surface area contributed by atoms with Crippen molar-refractivity contribution in [2.24, 2.45) is 0 Å². The van der Waals surface area contributed by atoms with Gasteiger partial charge in [0, 0.05) is 10.2 Å². The van der Waals surface area contributed by atoms with E-state index in [0.717, 1.165) is 21.3 Å². The zero-order valence-electron chi connectivity index (χ0n) is 11.4. The van der Waals surface area contributed by atoms with Crippen LogP contribution in [-0.4, -0.2) is 13.1 Å². The van der Waals surface area contributed by atoms with Gasteiger partial charge in [0.05, 0.1) is 7.11 Å². The number of methoxy groups -OCH3 is 1. The third-order valence-corrected chi connectivity index (χ3v) is 3.57. The van der Waals surface area contributed by atoms with Gasteiger partial charge in [-0.15, -0.1) is 0 Å². The van der Waals surface area contributed by atoms with Crippen LogP contribution in [0.15, 0.2) is 53.0 Å². The molecule has 0 aliphatic carbocycles. The van der Waals surface area contributed by atoms with E-state index in [4.69, 9.17) is 4.74 Å². The van der Waals surface area contributed by atoms with E-state index in [2.05, 4.69) is 21.2 Å². The molecule has 4 heteroatoms. The van der Waals surface area contributed by atoms with Gasteiger partial charge in [0.2, 0.25) is 0 Å². The molecule has 0 spiro atoms. The van der Waals surface area contributed by atoms with E-state index < -0.39 is 6.04 Å². The highest BCUT2D eigenvalue weighted by atomic mass is 79.9. The molecule has 0 aliphatic heterocycles. The van der Waals surface area contributed by atoms with Crippen LogP contribution in [0, 0.1) is 6.92 Å². The van der Waals surface area contributed by atoms with E-state index in [1.807, 2.05) is 55.5 Å². The topological polar surface area (TPSA) is 38.3 Å². The Labute approximate surface area is 127 Å². The molecule has 0 amide bonds. The van der Waals surface area contributed by atoms with E-state index in [1.54, 1.807) is 0 Å². The minimum Gasteiger partial charge on any atom is -0.467 e. The van der Waals surface area contributed by atoms with E-state index in [0.29, 0.717) is 0 Å². The van der Waals surface area contributed by atoms with Gasteiger partial charge in [0.1, 0.15) is 0 Å². The number of hydrogen-bond acceptors (Lipinski definition) is 3. The molecule has 0 aromatic heterocycles. The van der Waals surface area contributed by atoms with E-state index in [-0.39, 0.29) is 5.97 Å². The third-order valence-electron chi connectivity index (χ3n) is 3.07. The number of halogens is 1. The first kappa shape index (κ1) is 14.6. The normalized spacial score (nSPS) is 11.8. The molecule has 0 radical (unpaired) electrons. The second kappa shape index (κ2) is 6.57. The summed E-state index contributed by atoms with van der Waals surface area (Å²) in [5.74, 6) is -0.306. The molecular weight excluding hydrogens is 318 g/mol. The van der Waals surface area contributed by atoms with E-state index in [9.17, 15) is 4.79 Å². The maximum absolute atomic E-state index is 12.1. The summed E-state index contributed by atoms with van der Waals surface area (Å²) in [6.45, 7) is 1.98. The molecule has 104 valence electrons. The predicted molar refractivity (Wildman–Crippen MR) is 83.7 cm³/mol. The Bertz CT molecular complexity index is 613. The van der Waals surface area contributed by atoms with Crippen molar-refractivity contribution < 1.29 is 9.53 Å². The van der Waals surface area contributed by atoms with Crippen molar-refractivity contribution in [1.29, 1.82) is 0 Å². The first-order valence-electron chi connectivity index (χ1n) is 6.27. The molecule has 0 fully saturated rings. The number of anilines is 1. The fourth-order valence-electron chi connectivity index (χ4n) is 2.04. The lowest BCUT2D eigenvalue weighted by atomic mass is 10.0. The summed E-state index contributed by atoms with van der Waals surface area (Å²) in [7, 11) is 1.40. The zero-order valence-corrected chi connectivity index (χ0v) is 13.0. The Morgan fingerprint density at radius 2 is 1.95 bits per heavy atom. The fourth-order valence-corrected chi connectivity index (χ4v) is 2.44. The maximum Gasteiger partial charge on any atom is 0.332 e. The largest absolute Gasteiger partial charge is 0.467 e. The van der Waals surface area contributed by atoms with Crippen LogP contribution < -0.4 is 5.32 Å². The summed E-state index contributed by atoms with van der Waals surface area (Å²) in [4.78, 5) is 12.1. The summed E-state index contributed by atoms with van der Waals surface area (Å²) >= 11 is 3.42. The van der Waals surface area contributed by atoms with Crippen LogP contribution in [0.3, 0.4) is 0 Å². The van der Waals surface area contributed by atoms with Crippen LogP contribution in [-0.2, 0) is 9.53 Å². The number of aryl methyl sites for hydroxylation is 1. The Morgan fingerprint density at radius 1 is 1.20 bits per heavy atom. The molecule has 1 atom stereocenters.